The molecule has 0 bridgehead atoms. The number of ketones is 1. The van der Waals surface area contributed by atoms with E-state index in [0.717, 1.165) is 21.7 Å². The smallest absolute Gasteiger partial charge is 0.263 e. The molecule has 0 saturated heterocycles. The number of hydrogen-bond acceptors (Lipinski definition) is 6. The quantitative estimate of drug-likeness (QED) is 0.252. The standard InChI is InChI=1S/C22H22N2O3S2/c1-4-10-24-20(26)18-15-12-27-22(2,3)11-17(15)29-19(18)23-21(24)28-13-16(25)14-8-6-5-7-9-14/h4-9H,1,10-13H2,2-3H3. The van der Waals surface area contributed by atoms with Crippen molar-refractivity contribution in [3.63, 3.8) is 0 Å². The number of hydrogen-bond donors (Lipinski definition) is 0. The molecule has 2 aromatic heterocycles. The summed E-state index contributed by atoms with van der Waals surface area (Å²) in [6.45, 7) is 8.65. The number of carbonyl (C=O) groups is 1. The van der Waals surface area contributed by atoms with Gasteiger partial charge in [0.05, 0.1) is 23.3 Å². The molecular weight excluding hydrogens is 404 g/mol. The first-order valence-electron chi connectivity index (χ1n) is 9.40. The molecule has 0 radical (unpaired) electrons. The van der Waals surface area contributed by atoms with E-state index in [2.05, 4.69) is 20.4 Å². The minimum atomic E-state index is -0.242. The number of thioether (sulfide) groups is 1. The lowest BCUT2D eigenvalue weighted by Crippen LogP contribution is -2.31. The fourth-order valence-electron chi connectivity index (χ4n) is 3.40. The van der Waals surface area contributed by atoms with Crippen LogP contribution >= 0.6 is 23.1 Å². The van der Waals surface area contributed by atoms with E-state index in [1.807, 2.05) is 18.2 Å². The van der Waals surface area contributed by atoms with Crippen molar-refractivity contribution < 1.29 is 9.53 Å². The number of fused-ring (bicyclic) bond motifs is 3. The zero-order chi connectivity index (χ0) is 20.6. The molecule has 1 aliphatic rings. The van der Waals surface area contributed by atoms with Gasteiger partial charge in [-0.1, -0.05) is 48.2 Å². The Morgan fingerprint density at radius 2 is 2.14 bits per heavy atom. The predicted octanol–water partition coefficient (Wildman–Crippen LogP) is 4.47. The molecule has 5 nitrogen and oxygen atoms in total. The van der Waals surface area contributed by atoms with Gasteiger partial charge >= 0.3 is 0 Å². The lowest BCUT2D eigenvalue weighted by molar-refractivity contribution is -0.0383. The van der Waals surface area contributed by atoms with E-state index in [4.69, 9.17) is 9.72 Å². The van der Waals surface area contributed by atoms with E-state index in [-0.39, 0.29) is 22.7 Å². The summed E-state index contributed by atoms with van der Waals surface area (Å²) in [6.07, 6.45) is 2.44. The molecule has 0 unspecified atom stereocenters. The zero-order valence-corrected chi connectivity index (χ0v) is 18.1. The van der Waals surface area contributed by atoms with Gasteiger partial charge in [-0.25, -0.2) is 4.98 Å². The topological polar surface area (TPSA) is 61.2 Å². The molecule has 3 heterocycles. The minimum Gasteiger partial charge on any atom is -0.370 e. The summed E-state index contributed by atoms with van der Waals surface area (Å²) in [5.74, 6) is 0.232. The summed E-state index contributed by atoms with van der Waals surface area (Å²) in [5.41, 5.74) is 1.28. The molecule has 0 amide bonds. The first kappa shape index (κ1) is 20.1. The van der Waals surface area contributed by atoms with Crippen LogP contribution in [0.2, 0.25) is 0 Å². The van der Waals surface area contributed by atoms with Crippen LogP contribution in [-0.2, 0) is 24.3 Å². The first-order valence-corrected chi connectivity index (χ1v) is 11.2. The van der Waals surface area contributed by atoms with Gasteiger partial charge in [-0.05, 0) is 13.8 Å². The summed E-state index contributed by atoms with van der Waals surface area (Å²) in [6, 6.07) is 9.16. The van der Waals surface area contributed by atoms with E-state index in [0.29, 0.717) is 29.3 Å². The Hall–Kier alpha value is -2.22. The van der Waals surface area contributed by atoms with Crippen LogP contribution in [0.5, 0.6) is 0 Å². The highest BCUT2D eigenvalue weighted by Crippen LogP contribution is 2.37. The van der Waals surface area contributed by atoms with Gasteiger partial charge in [-0.2, -0.15) is 0 Å². The fraction of sp³-hybridized carbons (Fsp3) is 0.318. The van der Waals surface area contributed by atoms with E-state index in [1.165, 1.54) is 11.8 Å². The number of rotatable bonds is 6. The van der Waals surface area contributed by atoms with E-state index in [1.54, 1.807) is 34.1 Å². The van der Waals surface area contributed by atoms with Crippen LogP contribution in [0.4, 0.5) is 0 Å². The molecule has 29 heavy (non-hydrogen) atoms. The van der Waals surface area contributed by atoms with Gasteiger partial charge in [0, 0.05) is 29.0 Å². The SMILES string of the molecule is C=CCn1c(SCC(=O)c2ccccc2)nc2sc3c(c2c1=O)COC(C)(C)C3. The van der Waals surface area contributed by atoms with Crippen LogP contribution in [0, 0.1) is 0 Å². The number of allylic oxidation sites excluding steroid dienone is 1. The lowest BCUT2D eigenvalue weighted by Gasteiger charge is -2.29. The summed E-state index contributed by atoms with van der Waals surface area (Å²) in [7, 11) is 0. The van der Waals surface area contributed by atoms with Crippen molar-refractivity contribution in [1.29, 1.82) is 0 Å². The van der Waals surface area contributed by atoms with Crippen molar-refractivity contribution in [3.05, 3.63) is 69.3 Å². The fourth-order valence-corrected chi connectivity index (χ4v) is 5.74. The summed E-state index contributed by atoms with van der Waals surface area (Å²) >= 11 is 2.85. The molecule has 0 fully saturated rings. The van der Waals surface area contributed by atoms with Crippen molar-refractivity contribution in [1.82, 2.24) is 9.55 Å². The van der Waals surface area contributed by atoms with Crippen LogP contribution in [0.25, 0.3) is 10.2 Å². The van der Waals surface area contributed by atoms with Gasteiger partial charge < -0.3 is 4.74 Å². The maximum absolute atomic E-state index is 13.3. The number of thiophene rings is 1. The number of benzene rings is 1. The maximum Gasteiger partial charge on any atom is 0.263 e. The summed E-state index contributed by atoms with van der Waals surface area (Å²) in [4.78, 5) is 32.4. The van der Waals surface area contributed by atoms with Gasteiger partial charge in [0.1, 0.15) is 4.83 Å². The minimum absolute atomic E-state index is 0.00993. The average Bonchev–Trinajstić information content (AvgIpc) is 3.05. The highest BCUT2D eigenvalue weighted by atomic mass is 32.2. The van der Waals surface area contributed by atoms with Gasteiger partial charge in [-0.3, -0.25) is 14.2 Å². The van der Waals surface area contributed by atoms with E-state index >= 15 is 0 Å². The van der Waals surface area contributed by atoms with Crippen LogP contribution < -0.4 is 5.56 Å². The largest absolute Gasteiger partial charge is 0.370 e. The van der Waals surface area contributed by atoms with Crippen molar-refractivity contribution in [3.8, 4) is 0 Å². The third kappa shape index (κ3) is 3.95. The van der Waals surface area contributed by atoms with Crippen molar-refractivity contribution in [2.24, 2.45) is 0 Å². The van der Waals surface area contributed by atoms with Gasteiger partial charge in [-0.15, -0.1) is 17.9 Å². The molecule has 1 aromatic carbocycles. The second kappa shape index (κ2) is 7.89. The third-order valence-corrected chi connectivity index (χ3v) is 6.99. The molecule has 0 N–H and O–H groups in total. The van der Waals surface area contributed by atoms with Gasteiger partial charge in [0.2, 0.25) is 0 Å². The molecule has 0 saturated carbocycles. The zero-order valence-electron chi connectivity index (χ0n) is 16.4. The summed E-state index contributed by atoms with van der Waals surface area (Å²) < 4.78 is 7.53. The maximum atomic E-state index is 13.3. The second-order valence-corrected chi connectivity index (χ2v) is 9.61. The molecule has 0 atom stereocenters. The lowest BCUT2D eigenvalue weighted by atomic mass is 9.98. The molecule has 4 rings (SSSR count). The average molecular weight is 427 g/mol. The molecule has 150 valence electrons. The molecular formula is C22H22N2O3S2. The number of ether oxygens (including phenoxy) is 1. The number of Topliss-reactive ketones (excluding diaryl/α,β-unsaturated/α-hetero) is 1. The van der Waals surface area contributed by atoms with E-state index < -0.39 is 0 Å². The monoisotopic (exact) mass is 426 g/mol. The Bertz CT molecular complexity index is 1150. The van der Waals surface area contributed by atoms with Crippen LogP contribution in [0.15, 0.2) is 52.9 Å². The van der Waals surface area contributed by atoms with Gasteiger partial charge in [0.25, 0.3) is 5.56 Å². The first-order chi connectivity index (χ1) is 13.9. The van der Waals surface area contributed by atoms with Crippen LogP contribution in [0.3, 0.4) is 0 Å². The summed E-state index contributed by atoms with van der Waals surface area (Å²) in [5, 5.41) is 1.19. The highest BCUT2D eigenvalue weighted by Gasteiger charge is 2.31. The van der Waals surface area contributed by atoms with Crippen LogP contribution in [0.1, 0.15) is 34.6 Å². The Morgan fingerprint density at radius 3 is 2.86 bits per heavy atom. The normalized spacial score (nSPS) is 15.2. The number of aromatic nitrogens is 2. The van der Waals surface area contributed by atoms with E-state index in [9.17, 15) is 9.59 Å². The molecule has 0 aliphatic carbocycles. The molecule has 0 spiro atoms. The highest BCUT2D eigenvalue weighted by molar-refractivity contribution is 7.99. The predicted molar refractivity (Wildman–Crippen MR) is 118 cm³/mol. The van der Waals surface area contributed by atoms with Crippen molar-refractivity contribution in [2.45, 2.75) is 44.2 Å². The van der Waals surface area contributed by atoms with Crippen molar-refractivity contribution >= 4 is 39.1 Å². The Balaban J connectivity index is 1.72. The molecule has 3 aromatic rings. The third-order valence-electron chi connectivity index (χ3n) is 4.89. The molecule has 7 heteroatoms. The Morgan fingerprint density at radius 1 is 1.38 bits per heavy atom. The Labute approximate surface area is 177 Å². The second-order valence-electron chi connectivity index (χ2n) is 7.59. The van der Waals surface area contributed by atoms with Crippen molar-refractivity contribution in [2.75, 3.05) is 5.75 Å². The van der Waals surface area contributed by atoms with Gasteiger partial charge in [0.15, 0.2) is 10.9 Å². The van der Waals surface area contributed by atoms with Crippen LogP contribution in [-0.4, -0.2) is 26.7 Å². The number of nitrogens with zero attached hydrogens (tertiary/aromatic N) is 2. The molecule has 1 aliphatic heterocycles. The Kier molecular flexibility index (Phi) is 5.46. The number of carbonyl (C=O) groups excluding carboxylic acids is 1.